The second-order valence-corrected chi connectivity index (χ2v) is 1.70. The zero-order valence-corrected chi connectivity index (χ0v) is 3.44. The molecule has 0 aliphatic carbocycles. The molecular formula is H5NNa2O4S. The molecule has 0 spiro atoms. The van der Waals surface area contributed by atoms with Crippen LogP contribution in [0.4, 0.5) is 0 Å². The molecule has 0 aromatic heterocycles. The molecule has 0 aromatic rings. The monoisotopic (exact) mass is 161 g/mol. The van der Waals surface area contributed by atoms with Crippen LogP contribution in [-0.4, -0.2) is 77.3 Å². The van der Waals surface area contributed by atoms with Crippen LogP contribution in [0.1, 0.15) is 0 Å². The van der Waals surface area contributed by atoms with E-state index >= 15 is 0 Å². The Bertz CT molecular complexity index is 116. The van der Waals surface area contributed by atoms with E-state index in [0.29, 0.717) is 4.89 Å². The zero-order valence-electron chi connectivity index (χ0n) is 2.62. The van der Waals surface area contributed by atoms with Gasteiger partial charge in [-0.05, 0) is 0 Å². The third-order valence-corrected chi connectivity index (χ3v) is 0.346. The summed E-state index contributed by atoms with van der Waals surface area (Å²) in [6.45, 7) is 0. The minimum atomic E-state index is -4.36. The molecule has 0 amide bonds. The van der Waals surface area contributed by atoms with E-state index in [4.69, 9.17) is 9.76 Å². The van der Waals surface area contributed by atoms with Crippen LogP contribution in [0.25, 0.3) is 0 Å². The summed E-state index contributed by atoms with van der Waals surface area (Å²) in [5.41, 5.74) is 0. The van der Waals surface area contributed by atoms with E-state index in [0.717, 1.165) is 0 Å². The molecule has 0 saturated heterocycles. The van der Waals surface area contributed by atoms with Gasteiger partial charge in [0.1, 0.15) is 0 Å². The first kappa shape index (κ1) is 16.4. The third kappa shape index (κ3) is 15.7. The van der Waals surface area contributed by atoms with Crippen LogP contribution in [0.2, 0.25) is 0 Å². The molecule has 0 aromatic carbocycles. The summed E-state index contributed by atoms with van der Waals surface area (Å²) in [6, 6.07) is 0. The molecule has 0 aliphatic heterocycles. The average molecular weight is 161 g/mol. The second kappa shape index (κ2) is 6.94. The van der Waals surface area contributed by atoms with Crippen LogP contribution in [-0.2, 0) is 10.3 Å². The van der Waals surface area contributed by atoms with Crippen molar-refractivity contribution in [1.82, 2.24) is 4.89 Å². The Morgan fingerprint density at radius 1 is 1.25 bits per heavy atom. The molecule has 0 aliphatic rings. The topological polar surface area (TPSA) is 86.6 Å². The van der Waals surface area contributed by atoms with Gasteiger partial charge in [0.05, 0.1) is 0 Å². The summed E-state index contributed by atoms with van der Waals surface area (Å²) in [5.74, 6) is 0. The molecule has 0 atom stereocenters. The fraction of sp³-hybridized carbons (Fsp3) is 0. The van der Waals surface area contributed by atoms with Crippen LogP contribution >= 0.6 is 0 Å². The predicted molar refractivity (Wildman–Crippen MR) is 30.8 cm³/mol. The molecule has 0 saturated carbocycles. The van der Waals surface area contributed by atoms with Gasteiger partial charge in [0.15, 0.2) is 0 Å². The second-order valence-electron chi connectivity index (χ2n) is 0.566. The van der Waals surface area contributed by atoms with Crippen molar-refractivity contribution in [2.45, 2.75) is 0 Å². The molecule has 0 unspecified atom stereocenters. The van der Waals surface area contributed by atoms with Gasteiger partial charge in [-0.2, -0.15) is 8.42 Å². The summed E-state index contributed by atoms with van der Waals surface area (Å²) in [4.78, 5) is 0.632. The van der Waals surface area contributed by atoms with Gasteiger partial charge in [-0.1, -0.05) is 4.89 Å². The maximum atomic E-state index is 9.19. The molecule has 0 bridgehead atoms. The van der Waals surface area contributed by atoms with Crippen LogP contribution in [0.5, 0.6) is 0 Å². The first-order valence-corrected chi connectivity index (χ1v) is 2.38. The normalized spacial score (nSPS) is 8.75. The summed E-state index contributed by atoms with van der Waals surface area (Å²) < 4.78 is 25.8. The number of hydrogen-bond acceptors (Lipinski definition) is 3. The van der Waals surface area contributed by atoms with E-state index in [2.05, 4.69) is 0 Å². The number of nitrogens with one attached hydrogen (secondary N) is 1. The first-order valence-electron chi connectivity index (χ1n) is 0.944. The predicted octanol–water partition coefficient (Wildman–Crippen LogP) is -2.53. The van der Waals surface area contributed by atoms with E-state index in [1.54, 1.807) is 0 Å². The van der Waals surface area contributed by atoms with Crippen LogP contribution in [0.3, 0.4) is 0 Å². The molecule has 0 heterocycles. The standard InChI is InChI=1S/H3NO4S.2Na.2H/c2-1-6(3,4)5;;;;/h1-2H,(H,3,4,5);;;;. The van der Waals surface area contributed by atoms with Crippen molar-refractivity contribution in [3.8, 4) is 0 Å². The molecular weight excluding hydrogens is 156 g/mol. The fourth-order valence-corrected chi connectivity index (χ4v) is 0. The van der Waals surface area contributed by atoms with Crippen LogP contribution in [0, 0.1) is 0 Å². The zero-order chi connectivity index (χ0) is 5.21. The van der Waals surface area contributed by atoms with E-state index in [-0.39, 0.29) is 59.1 Å². The molecule has 0 radical (unpaired) electrons. The van der Waals surface area contributed by atoms with Gasteiger partial charge in [0.25, 0.3) is 0 Å². The quantitative estimate of drug-likeness (QED) is 0.225. The van der Waals surface area contributed by atoms with Gasteiger partial charge in [0, 0.05) is 0 Å². The van der Waals surface area contributed by atoms with E-state index in [1.807, 2.05) is 0 Å². The van der Waals surface area contributed by atoms with Crippen molar-refractivity contribution in [1.29, 1.82) is 0 Å². The molecule has 8 heavy (non-hydrogen) atoms. The van der Waals surface area contributed by atoms with Crippen molar-refractivity contribution < 1.29 is 18.2 Å². The van der Waals surface area contributed by atoms with Crippen LogP contribution < -0.4 is 4.89 Å². The molecule has 0 rings (SSSR count). The molecule has 3 N–H and O–H groups in total. The average Bonchev–Trinajstić information content (AvgIpc) is 1.35. The van der Waals surface area contributed by atoms with Crippen molar-refractivity contribution in [2.24, 2.45) is 0 Å². The summed E-state index contributed by atoms with van der Waals surface area (Å²) in [6.07, 6.45) is 0. The first-order chi connectivity index (χ1) is 2.56. The SMILES string of the molecule is O=S(=O)(O)NO.[NaH].[NaH]. The van der Waals surface area contributed by atoms with E-state index in [1.165, 1.54) is 0 Å². The Morgan fingerprint density at radius 3 is 1.38 bits per heavy atom. The maximum absolute atomic E-state index is 9.19. The van der Waals surface area contributed by atoms with Gasteiger partial charge < -0.3 is 5.21 Å². The fourth-order valence-electron chi connectivity index (χ4n) is 0. The van der Waals surface area contributed by atoms with Crippen molar-refractivity contribution in [2.75, 3.05) is 0 Å². The third-order valence-electron chi connectivity index (χ3n) is 0.115. The Labute approximate surface area is 91.3 Å². The van der Waals surface area contributed by atoms with Gasteiger partial charge in [-0.25, -0.2) is 0 Å². The Morgan fingerprint density at radius 2 is 1.38 bits per heavy atom. The van der Waals surface area contributed by atoms with Crippen molar-refractivity contribution >= 4 is 69.4 Å². The Kier molecular flexibility index (Phi) is 14.3. The molecule has 8 heteroatoms. The van der Waals surface area contributed by atoms with Crippen molar-refractivity contribution in [3.05, 3.63) is 0 Å². The van der Waals surface area contributed by atoms with E-state index < -0.39 is 10.3 Å². The van der Waals surface area contributed by atoms with Gasteiger partial charge >= 0.3 is 69.4 Å². The molecule has 0 fully saturated rings. The molecule has 42 valence electrons. The number of rotatable bonds is 1. The van der Waals surface area contributed by atoms with Gasteiger partial charge in [-0.15, -0.1) is 0 Å². The van der Waals surface area contributed by atoms with Crippen LogP contribution in [0.15, 0.2) is 0 Å². The Balaban J connectivity index is -0.000000125. The van der Waals surface area contributed by atoms with Gasteiger partial charge in [-0.3, -0.25) is 4.55 Å². The van der Waals surface area contributed by atoms with E-state index in [9.17, 15) is 8.42 Å². The molecule has 5 nitrogen and oxygen atoms in total. The minimum absolute atomic E-state index is 0. The summed E-state index contributed by atoms with van der Waals surface area (Å²) >= 11 is 0. The summed E-state index contributed by atoms with van der Waals surface area (Å²) in [7, 11) is -4.36. The van der Waals surface area contributed by atoms with Gasteiger partial charge in [0.2, 0.25) is 0 Å². The summed E-state index contributed by atoms with van der Waals surface area (Å²) in [5, 5.41) is 7.31. The number of hydrogen-bond donors (Lipinski definition) is 3. The van der Waals surface area contributed by atoms with Crippen molar-refractivity contribution in [3.63, 3.8) is 0 Å². The Hall–Kier alpha value is 1.83.